The van der Waals surface area contributed by atoms with Gasteiger partial charge < -0.3 is 21.3 Å². The molecule has 6 aliphatic heterocycles. The van der Waals surface area contributed by atoms with Crippen molar-refractivity contribution in [3.63, 3.8) is 0 Å². The largest absolute Gasteiger partial charge is 0.316 e. The molecule has 0 amide bonds. The predicted molar refractivity (Wildman–Crippen MR) is 104 cm³/mol. The van der Waals surface area contributed by atoms with Gasteiger partial charge in [0.2, 0.25) is 0 Å². The Hall–Kier alpha value is 0.0569. The topological polar surface area (TPSA) is 48.1 Å². The molecule has 8 unspecified atom stereocenters. The molecule has 0 aromatic rings. The minimum absolute atomic E-state index is 0.876. The molecule has 0 aliphatic carbocycles. The Morgan fingerprint density at radius 1 is 0.440 bits per heavy atom. The third-order valence-corrected chi connectivity index (χ3v) is 16.1. The molecule has 5 heteroatoms. The van der Waals surface area contributed by atoms with E-state index in [1.807, 2.05) is 0 Å². The summed E-state index contributed by atoms with van der Waals surface area (Å²) < 4.78 is 0. The zero-order chi connectivity index (χ0) is 16.4. The summed E-state index contributed by atoms with van der Waals surface area (Å²) in [6.45, 7) is 5.13. The second kappa shape index (κ2) is 6.03. The van der Waals surface area contributed by atoms with Gasteiger partial charge in [0, 0.05) is 22.7 Å². The Morgan fingerprint density at radius 2 is 0.720 bits per heavy atom. The van der Waals surface area contributed by atoms with Gasteiger partial charge in [0.05, 0.1) is 0 Å². The van der Waals surface area contributed by atoms with Crippen LogP contribution in [-0.4, -0.2) is 56.9 Å². The number of nitrogens with one attached hydrogen (secondary N) is 4. The smallest absolute Gasteiger partial charge is 0.127 e. The van der Waals surface area contributed by atoms with Gasteiger partial charge in [-0.1, -0.05) is 0 Å². The standard InChI is InChI=1S/C20H36N4Si/c1-5-13-14-6-2-10-22-18(14)25(17(13)21-9-1)19-15(7-3-11-23-19)16-8-4-12-24-20(16)25/h13-24H,1-12H2. The van der Waals surface area contributed by atoms with Crippen LogP contribution in [-0.2, 0) is 0 Å². The average molecular weight is 361 g/mol. The molecule has 8 atom stereocenters. The third kappa shape index (κ3) is 2.02. The van der Waals surface area contributed by atoms with Crippen LogP contribution in [0.1, 0.15) is 51.4 Å². The second-order valence-corrected chi connectivity index (χ2v) is 14.4. The summed E-state index contributed by atoms with van der Waals surface area (Å²) >= 11 is 0. The minimum atomic E-state index is -1.56. The molecule has 6 rings (SSSR count). The van der Waals surface area contributed by atoms with Crippen molar-refractivity contribution < 1.29 is 0 Å². The van der Waals surface area contributed by atoms with Gasteiger partial charge >= 0.3 is 0 Å². The zero-order valence-electron chi connectivity index (χ0n) is 15.6. The summed E-state index contributed by atoms with van der Waals surface area (Å²) in [6.07, 6.45) is 11.7. The van der Waals surface area contributed by atoms with Crippen LogP contribution < -0.4 is 21.3 Å². The lowest BCUT2D eigenvalue weighted by Crippen LogP contribution is -2.79. The first-order chi connectivity index (χ1) is 12.4. The number of hydrogen-bond acceptors (Lipinski definition) is 4. The van der Waals surface area contributed by atoms with Crippen LogP contribution in [0.4, 0.5) is 0 Å². The Balaban J connectivity index is 1.50. The van der Waals surface area contributed by atoms with Gasteiger partial charge in [-0.25, -0.2) is 0 Å². The van der Waals surface area contributed by atoms with E-state index in [4.69, 9.17) is 0 Å². The van der Waals surface area contributed by atoms with Crippen LogP contribution in [0, 0.1) is 23.7 Å². The summed E-state index contributed by atoms with van der Waals surface area (Å²) in [6, 6.07) is 0. The molecule has 0 saturated carbocycles. The number of fused-ring (bicyclic) bond motifs is 10. The van der Waals surface area contributed by atoms with E-state index in [2.05, 4.69) is 21.3 Å². The quantitative estimate of drug-likeness (QED) is 0.489. The van der Waals surface area contributed by atoms with Gasteiger partial charge in [0.15, 0.2) is 0 Å². The van der Waals surface area contributed by atoms with Crippen molar-refractivity contribution in [1.29, 1.82) is 0 Å². The SMILES string of the molecule is C1CNC2C(C1)C1CCCNC1[Si]21C2NCCCC2C2CCCNC21. The highest BCUT2D eigenvalue weighted by atomic mass is 28.3. The lowest BCUT2D eigenvalue weighted by Gasteiger charge is -2.49. The first kappa shape index (κ1) is 16.1. The van der Waals surface area contributed by atoms with E-state index in [1.54, 1.807) is 0 Å². The maximum absolute atomic E-state index is 4.18. The molecule has 0 bridgehead atoms. The van der Waals surface area contributed by atoms with E-state index < -0.39 is 8.07 Å². The van der Waals surface area contributed by atoms with Crippen LogP contribution in [0.15, 0.2) is 0 Å². The van der Waals surface area contributed by atoms with Crippen LogP contribution in [0.25, 0.3) is 0 Å². The van der Waals surface area contributed by atoms with Crippen LogP contribution in [0.5, 0.6) is 0 Å². The van der Waals surface area contributed by atoms with E-state index in [1.165, 1.54) is 77.5 Å². The molecule has 6 aliphatic rings. The minimum Gasteiger partial charge on any atom is -0.316 e. The van der Waals surface area contributed by atoms with Crippen LogP contribution in [0.2, 0.25) is 0 Å². The van der Waals surface area contributed by atoms with Gasteiger partial charge in [-0.3, -0.25) is 0 Å². The summed E-state index contributed by atoms with van der Waals surface area (Å²) in [4.78, 5) is 0. The Morgan fingerprint density at radius 3 is 1.00 bits per heavy atom. The number of rotatable bonds is 0. The highest BCUT2D eigenvalue weighted by molar-refractivity contribution is 6.87. The molecule has 140 valence electrons. The highest BCUT2D eigenvalue weighted by Gasteiger charge is 2.74. The molecule has 25 heavy (non-hydrogen) atoms. The molecule has 4 nitrogen and oxygen atoms in total. The van der Waals surface area contributed by atoms with E-state index in [0.29, 0.717) is 0 Å². The first-order valence-electron chi connectivity index (χ1n) is 11.4. The van der Waals surface area contributed by atoms with Crippen molar-refractivity contribution in [3.8, 4) is 0 Å². The van der Waals surface area contributed by atoms with Crippen molar-refractivity contribution in [2.24, 2.45) is 23.7 Å². The van der Waals surface area contributed by atoms with Crippen LogP contribution in [0.3, 0.4) is 0 Å². The normalized spacial score (nSPS) is 57.6. The summed E-state index contributed by atoms with van der Waals surface area (Å²) in [7, 11) is -1.56. The Bertz CT molecular complexity index is 434. The summed E-state index contributed by atoms with van der Waals surface area (Å²) in [5, 5.41) is 16.7. The van der Waals surface area contributed by atoms with Crippen molar-refractivity contribution in [1.82, 2.24) is 21.3 Å². The predicted octanol–water partition coefficient (Wildman–Crippen LogP) is 1.09. The summed E-state index contributed by atoms with van der Waals surface area (Å²) in [5.41, 5.74) is 3.50. The molecular formula is C20H36N4Si. The third-order valence-electron chi connectivity index (χ3n) is 9.28. The molecule has 6 heterocycles. The van der Waals surface area contributed by atoms with Gasteiger partial charge in [-0.2, -0.15) is 0 Å². The summed E-state index contributed by atoms with van der Waals surface area (Å²) in [5.74, 6) is 3.91. The zero-order valence-corrected chi connectivity index (χ0v) is 16.6. The molecule has 1 spiro atoms. The van der Waals surface area contributed by atoms with Crippen LogP contribution >= 0.6 is 0 Å². The van der Waals surface area contributed by atoms with Gasteiger partial charge in [-0.05, 0) is 101 Å². The van der Waals surface area contributed by atoms with E-state index in [-0.39, 0.29) is 0 Å². The highest BCUT2D eigenvalue weighted by Crippen LogP contribution is 2.57. The lowest BCUT2D eigenvalue weighted by molar-refractivity contribution is 0.217. The van der Waals surface area contributed by atoms with Gasteiger partial charge in [-0.15, -0.1) is 0 Å². The second-order valence-electron chi connectivity index (χ2n) is 9.95. The van der Waals surface area contributed by atoms with Crippen molar-refractivity contribution in [2.75, 3.05) is 26.2 Å². The molecule has 0 aromatic carbocycles. The molecule has 4 N–H and O–H groups in total. The first-order valence-corrected chi connectivity index (χ1v) is 13.7. The fourth-order valence-corrected chi connectivity index (χ4v) is 17.8. The average Bonchev–Trinajstić information content (AvgIpc) is 3.16. The lowest BCUT2D eigenvalue weighted by atomic mass is 9.82. The molecule has 6 saturated heterocycles. The Kier molecular flexibility index (Phi) is 3.87. The van der Waals surface area contributed by atoms with E-state index >= 15 is 0 Å². The number of piperidine rings is 4. The maximum Gasteiger partial charge on any atom is 0.127 e. The molecule has 0 radical (unpaired) electrons. The van der Waals surface area contributed by atoms with Crippen molar-refractivity contribution >= 4 is 8.07 Å². The molecular weight excluding hydrogens is 324 g/mol. The Labute approximate surface area is 153 Å². The van der Waals surface area contributed by atoms with Gasteiger partial charge in [0.25, 0.3) is 0 Å². The maximum atomic E-state index is 4.18. The fourth-order valence-electron chi connectivity index (χ4n) is 8.85. The fraction of sp³-hybridized carbons (Fsp3) is 1.00. The van der Waals surface area contributed by atoms with E-state index in [9.17, 15) is 0 Å². The number of hydrogen-bond donors (Lipinski definition) is 4. The van der Waals surface area contributed by atoms with E-state index in [0.717, 1.165) is 46.3 Å². The van der Waals surface area contributed by atoms with Crippen molar-refractivity contribution in [3.05, 3.63) is 0 Å². The van der Waals surface area contributed by atoms with Gasteiger partial charge in [0.1, 0.15) is 8.07 Å². The molecule has 6 fully saturated rings. The van der Waals surface area contributed by atoms with Crippen molar-refractivity contribution in [2.45, 2.75) is 74.0 Å². The molecule has 0 aromatic heterocycles. The monoisotopic (exact) mass is 360 g/mol.